The summed E-state index contributed by atoms with van der Waals surface area (Å²) in [5.41, 5.74) is 0. The molecule has 0 aliphatic rings. The second-order valence-corrected chi connectivity index (χ2v) is 8.00. The quantitative estimate of drug-likeness (QED) is 0.509. The van der Waals surface area contributed by atoms with Gasteiger partial charge in [0.15, 0.2) is 8.32 Å². The minimum atomic E-state index is -1.54. The largest absolute Gasteiger partial charge is 0.394 e. The van der Waals surface area contributed by atoms with Gasteiger partial charge in [0.05, 0.1) is 13.2 Å². The van der Waals surface area contributed by atoms with Gasteiger partial charge >= 0.3 is 0 Å². The number of aliphatic hydroxyl groups is 1. The molecule has 1 unspecified atom stereocenters. The van der Waals surface area contributed by atoms with Crippen molar-refractivity contribution in [1.82, 2.24) is 0 Å². The summed E-state index contributed by atoms with van der Waals surface area (Å²) >= 11 is 0. The summed E-state index contributed by atoms with van der Waals surface area (Å²) in [7, 11) is -1.54. The highest BCUT2D eigenvalue weighted by molar-refractivity contribution is 6.69. The Bertz CT molecular complexity index is 111. The molecule has 0 bridgehead atoms. The van der Waals surface area contributed by atoms with Crippen LogP contribution < -0.4 is 0 Å². The van der Waals surface area contributed by atoms with E-state index in [1.54, 1.807) is 0 Å². The minimum absolute atomic E-state index is 0.0333. The molecule has 1 N–H and O–H groups in total. The molecule has 0 aromatic heterocycles. The highest BCUT2D eigenvalue weighted by Crippen LogP contribution is 2.10. The Morgan fingerprint density at radius 2 is 2.00 bits per heavy atom. The molecule has 1 radical (unpaired) electrons. The third kappa shape index (κ3) is 6.79. The van der Waals surface area contributed by atoms with E-state index >= 15 is 0 Å². The maximum Gasteiger partial charge on any atom is 0.187 e. The number of ether oxygens (including phenoxy) is 1. The Labute approximate surface area is 75.8 Å². The summed E-state index contributed by atoms with van der Waals surface area (Å²) in [5, 5.41) is 8.52. The SMILES string of the molecule is [CH2]CC(OCCO)O[Si](C)(C)C. The van der Waals surface area contributed by atoms with Crippen LogP contribution >= 0.6 is 0 Å². The Morgan fingerprint density at radius 1 is 1.42 bits per heavy atom. The lowest BCUT2D eigenvalue weighted by molar-refractivity contribution is -0.0915. The van der Waals surface area contributed by atoms with Crippen LogP contribution in [0.15, 0.2) is 0 Å². The zero-order chi connectivity index (χ0) is 9.61. The zero-order valence-corrected chi connectivity index (χ0v) is 9.17. The second-order valence-electron chi connectivity index (χ2n) is 3.54. The summed E-state index contributed by atoms with van der Waals surface area (Å²) in [6.07, 6.45) is 0.341. The van der Waals surface area contributed by atoms with Gasteiger partial charge in [0.1, 0.15) is 6.29 Å². The first-order chi connectivity index (χ1) is 5.49. The number of aliphatic hydroxyl groups excluding tert-OH is 1. The molecule has 0 spiro atoms. The third-order valence-electron chi connectivity index (χ3n) is 1.12. The topological polar surface area (TPSA) is 38.7 Å². The Kier molecular flexibility index (Phi) is 5.74. The molecule has 3 nitrogen and oxygen atoms in total. The molecule has 0 rings (SSSR count). The molecule has 0 aromatic carbocycles. The van der Waals surface area contributed by atoms with Crippen LogP contribution in [0.4, 0.5) is 0 Å². The second kappa shape index (κ2) is 5.69. The van der Waals surface area contributed by atoms with Crippen LogP contribution in [-0.2, 0) is 9.16 Å². The summed E-state index contributed by atoms with van der Waals surface area (Å²) < 4.78 is 10.8. The van der Waals surface area contributed by atoms with Crippen molar-refractivity contribution in [2.45, 2.75) is 32.4 Å². The predicted octanol–water partition coefficient (Wildman–Crippen LogP) is 1.40. The molecule has 0 heterocycles. The van der Waals surface area contributed by atoms with Gasteiger partial charge in [-0.05, 0) is 33.0 Å². The van der Waals surface area contributed by atoms with Crippen molar-refractivity contribution < 1.29 is 14.3 Å². The summed E-state index contributed by atoms with van der Waals surface area (Å²) in [6.45, 7) is 10.4. The van der Waals surface area contributed by atoms with E-state index in [4.69, 9.17) is 14.3 Å². The molecule has 0 amide bonds. The van der Waals surface area contributed by atoms with Crippen LogP contribution in [0.2, 0.25) is 19.6 Å². The zero-order valence-electron chi connectivity index (χ0n) is 8.17. The van der Waals surface area contributed by atoms with Crippen LogP contribution in [-0.4, -0.2) is 32.9 Å². The van der Waals surface area contributed by atoms with Gasteiger partial charge in [-0.15, -0.1) is 0 Å². The van der Waals surface area contributed by atoms with Gasteiger partial charge in [-0.1, -0.05) is 0 Å². The fourth-order valence-corrected chi connectivity index (χ4v) is 1.73. The molecule has 0 saturated carbocycles. The first-order valence-corrected chi connectivity index (χ1v) is 7.60. The van der Waals surface area contributed by atoms with Crippen molar-refractivity contribution >= 4 is 8.32 Å². The van der Waals surface area contributed by atoms with Crippen molar-refractivity contribution in [3.8, 4) is 0 Å². The number of hydrogen-bond donors (Lipinski definition) is 1. The van der Waals surface area contributed by atoms with Crippen LogP contribution in [0.5, 0.6) is 0 Å². The molecule has 1 atom stereocenters. The van der Waals surface area contributed by atoms with E-state index in [0.29, 0.717) is 13.0 Å². The van der Waals surface area contributed by atoms with Gasteiger partial charge in [-0.25, -0.2) is 0 Å². The maximum atomic E-state index is 8.52. The smallest absolute Gasteiger partial charge is 0.187 e. The van der Waals surface area contributed by atoms with Crippen LogP contribution in [0, 0.1) is 6.92 Å². The highest BCUT2D eigenvalue weighted by Gasteiger charge is 2.19. The van der Waals surface area contributed by atoms with Gasteiger partial charge in [-0.3, -0.25) is 0 Å². The minimum Gasteiger partial charge on any atom is -0.394 e. The lowest BCUT2D eigenvalue weighted by Crippen LogP contribution is -2.33. The first-order valence-electron chi connectivity index (χ1n) is 4.19. The molecular formula is C8H19O3Si. The molecule has 73 valence electrons. The molecular weight excluding hydrogens is 172 g/mol. The van der Waals surface area contributed by atoms with Gasteiger partial charge in [0.25, 0.3) is 0 Å². The van der Waals surface area contributed by atoms with E-state index in [1.165, 1.54) is 0 Å². The standard InChI is InChI=1S/C8H19O3Si/c1-5-8(10-7-6-9)11-12(2,3)4/h8-9H,1,5-7H2,2-4H3. The van der Waals surface area contributed by atoms with E-state index in [0.717, 1.165) is 0 Å². The van der Waals surface area contributed by atoms with E-state index in [9.17, 15) is 0 Å². The lowest BCUT2D eigenvalue weighted by atomic mass is 10.5. The Hall–Kier alpha value is 0.0969. The van der Waals surface area contributed by atoms with Crippen molar-refractivity contribution in [1.29, 1.82) is 0 Å². The van der Waals surface area contributed by atoms with E-state index < -0.39 is 8.32 Å². The predicted molar refractivity (Wildman–Crippen MR) is 51.2 cm³/mol. The van der Waals surface area contributed by atoms with Crippen molar-refractivity contribution in [2.24, 2.45) is 0 Å². The molecule has 4 heteroatoms. The Morgan fingerprint density at radius 3 is 2.33 bits per heavy atom. The average molecular weight is 191 g/mol. The van der Waals surface area contributed by atoms with Crippen LogP contribution in [0.3, 0.4) is 0 Å². The third-order valence-corrected chi connectivity index (χ3v) is 2.09. The maximum absolute atomic E-state index is 8.52. The van der Waals surface area contributed by atoms with Gasteiger partial charge in [0, 0.05) is 0 Å². The fourth-order valence-electron chi connectivity index (χ4n) is 0.755. The number of hydrogen-bond acceptors (Lipinski definition) is 3. The number of rotatable bonds is 6. The summed E-state index contributed by atoms with van der Waals surface area (Å²) in [5.74, 6) is 0. The molecule has 12 heavy (non-hydrogen) atoms. The van der Waals surface area contributed by atoms with E-state index in [-0.39, 0.29) is 12.9 Å². The monoisotopic (exact) mass is 191 g/mol. The van der Waals surface area contributed by atoms with Gasteiger partial charge < -0.3 is 14.3 Å². The first kappa shape index (κ1) is 12.1. The van der Waals surface area contributed by atoms with Gasteiger partial charge in [0.2, 0.25) is 0 Å². The highest BCUT2D eigenvalue weighted by atomic mass is 28.4. The van der Waals surface area contributed by atoms with Crippen molar-refractivity contribution in [3.63, 3.8) is 0 Å². The molecule has 0 aliphatic heterocycles. The summed E-state index contributed by atoms with van der Waals surface area (Å²) in [4.78, 5) is 0. The van der Waals surface area contributed by atoms with Crippen molar-refractivity contribution in [2.75, 3.05) is 13.2 Å². The van der Waals surface area contributed by atoms with Gasteiger partial charge in [-0.2, -0.15) is 0 Å². The average Bonchev–Trinajstić information content (AvgIpc) is 1.95. The van der Waals surface area contributed by atoms with E-state index in [2.05, 4.69) is 26.6 Å². The fraction of sp³-hybridized carbons (Fsp3) is 0.875. The normalized spacial score (nSPS) is 14.8. The molecule has 0 fully saturated rings. The molecule has 0 saturated heterocycles. The van der Waals surface area contributed by atoms with Crippen molar-refractivity contribution in [3.05, 3.63) is 6.92 Å². The molecule has 0 aliphatic carbocycles. The Balaban J connectivity index is 3.67. The van der Waals surface area contributed by atoms with Crippen LogP contribution in [0.25, 0.3) is 0 Å². The molecule has 0 aromatic rings. The van der Waals surface area contributed by atoms with Crippen LogP contribution in [0.1, 0.15) is 6.42 Å². The lowest BCUT2D eigenvalue weighted by Gasteiger charge is -2.25. The van der Waals surface area contributed by atoms with E-state index in [1.807, 2.05) is 0 Å². The summed E-state index contributed by atoms with van der Waals surface area (Å²) in [6, 6.07) is 0.